The summed E-state index contributed by atoms with van der Waals surface area (Å²) in [6.45, 7) is 1.96. The average Bonchev–Trinajstić information content (AvgIpc) is 3.30. The molecule has 0 atom stereocenters. The molecular weight excluding hydrogens is 366 g/mol. The number of aryl methyl sites for hydroxylation is 3. The first-order chi connectivity index (χ1) is 12.6. The van der Waals surface area contributed by atoms with Crippen LogP contribution in [-0.2, 0) is 12.8 Å². The Labute approximate surface area is 161 Å². The lowest BCUT2D eigenvalue weighted by molar-refractivity contribution is 0.102. The summed E-state index contributed by atoms with van der Waals surface area (Å²) in [6.07, 6.45) is 5.03. The van der Waals surface area contributed by atoms with Crippen molar-refractivity contribution in [2.45, 2.75) is 31.3 Å². The lowest BCUT2D eigenvalue weighted by Gasteiger charge is -2.08. The molecule has 0 saturated carbocycles. The number of hydrogen-bond donors (Lipinski definition) is 0. The minimum absolute atomic E-state index is 0.112. The highest BCUT2D eigenvalue weighted by Gasteiger charge is 2.16. The topological polar surface area (TPSA) is 47.8 Å². The Kier molecular flexibility index (Phi) is 4.83. The van der Waals surface area contributed by atoms with Crippen molar-refractivity contribution in [2.24, 2.45) is 0 Å². The minimum Gasteiger partial charge on any atom is -0.293 e. The summed E-state index contributed by atoms with van der Waals surface area (Å²) < 4.78 is 1.85. The van der Waals surface area contributed by atoms with E-state index in [1.807, 2.05) is 35.8 Å². The third-order valence-corrected chi connectivity index (χ3v) is 6.05. The largest absolute Gasteiger partial charge is 0.293 e. The van der Waals surface area contributed by atoms with Crippen LogP contribution in [0.1, 0.15) is 33.5 Å². The van der Waals surface area contributed by atoms with Gasteiger partial charge in [0.25, 0.3) is 0 Å². The number of carbonyl (C=O) groups excluding carboxylic acids is 1. The summed E-state index contributed by atoms with van der Waals surface area (Å²) in [5.41, 5.74) is 5.38. The van der Waals surface area contributed by atoms with E-state index in [0.29, 0.717) is 15.9 Å². The quantitative estimate of drug-likeness (QED) is 0.473. The van der Waals surface area contributed by atoms with Crippen LogP contribution in [0, 0.1) is 6.92 Å². The SMILES string of the molecule is Cc1ccc(-n2cnnc2SCC(=O)c2ccc3c(c2)CCC3)cc1Cl. The summed E-state index contributed by atoms with van der Waals surface area (Å²) in [6, 6.07) is 11.9. The molecule has 132 valence electrons. The second kappa shape index (κ2) is 7.25. The molecule has 3 aromatic rings. The first-order valence-corrected chi connectivity index (χ1v) is 9.92. The number of rotatable bonds is 5. The zero-order chi connectivity index (χ0) is 18.1. The second-order valence-electron chi connectivity index (χ2n) is 6.47. The van der Waals surface area contributed by atoms with Crippen molar-refractivity contribution < 1.29 is 4.79 Å². The van der Waals surface area contributed by atoms with Gasteiger partial charge in [-0.05, 0) is 61.1 Å². The van der Waals surface area contributed by atoms with Crippen LogP contribution in [0.2, 0.25) is 5.02 Å². The summed E-state index contributed by atoms with van der Waals surface area (Å²) in [7, 11) is 0. The molecule has 0 bridgehead atoms. The predicted octanol–water partition coefficient (Wildman–Crippen LogP) is 4.69. The van der Waals surface area contributed by atoms with Gasteiger partial charge in [0.2, 0.25) is 0 Å². The van der Waals surface area contributed by atoms with Crippen molar-refractivity contribution in [3.05, 3.63) is 70.0 Å². The van der Waals surface area contributed by atoms with Crippen molar-refractivity contribution >= 4 is 29.1 Å². The zero-order valence-corrected chi connectivity index (χ0v) is 16.0. The third-order valence-electron chi connectivity index (χ3n) is 4.70. The Hall–Kier alpha value is -2.11. The molecule has 26 heavy (non-hydrogen) atoms. The fourth-order valence-electron chi connectivity index (χ4n) is 3.19. The number of benzene rings is 2. The molecule has 0 N–H and O–H groups in total. The summed E-state index contributed by atoms with van der Waals surface area (Å²) in [5, 5.41) is 9.51. The maximum atomic E-state index is 12.6. The zero-order valence-electron chi connectivity index (χ0n) is 14.4. The van der Waals surface area contributed by atoms with Gasteiger partial charge in [-0.25, -0.2) is 0 Å². The Morgan fingerprint density at radius 1 is 1.19 bits per heavy atom. The van der Waals surface area contributed by atoms with E-state index in [4.69, 9.17) is 11.6 Å². The normalized spacial score (nSPS) is 13.0. The molecule has 4 rings (SSSR count). The second-order valence-corrected chi connectivity index (χ2v) is 7.82. The molecule has 1 aliphatic carbocycles. The highest BCUT2D eigenvalue weighted by atomic mass is 35.5. The first kappa shape index (κ1) is 17.3. The minimum atomic E-state index is 0.112. The van der Waals surface area contributed by atoms with Crippen LogP contribution in [0.25, 0.3) is 5.69 Å². The number of aromatic nitrogens is 3. The number of carbonyl (C=O) groups is 1. The third kappa shape index (κ3) is 3.41. The van der Waals surface area contributed by atoms with E-state index in [1.54, 1.807) is 6.33 Å². The first-order valence-electron chi connectivity index (χ1n) is 8.56. The number of ketones is 1. The van der Waals surface area contributed by atoms with Crippen molar-refractivity contribution in [2.75, 3.05) is 5.75 Å². The van der Waals surface area contributed by atoms with Gasteiger partial charge in [0.1, 0.15) is 6.33 Å². The molecular formula is C20H18ClN3OS. The van der Waals surface area contributed by atoms with Crippen LogP contribution in [0.5, 0.6) is 0 Å². The molecule has 1 aromatic heterocycles. The molecule has 1 heterocycles. The summed E-state index contributed by atoms with van der Waals surface area (Å²) in [4.78, 5) is 12.6. The Morgan fingerprint density at radius 3 is 2.88 bits per heavy atom. The molecule has 4 nitrogen and oxygen atoms in total. The van der Waals surface area contributed by atoms with Crippen molar-refractivity contribution in [1.82, 2.24) is 14.8 Å². The molecule has 0 spiro atoms. The van der Waals surface area contributed by atoms with E-state index in [0.717, 1.165) is 29.7 Å². The van der Waals surface area contributed by atoms with Gasteiger partial charge in [-0.1, -0.05) is 41.6 Å². The smallest absolute Gasteiger partial charge is 0.196 e. The van der Waals surface area contributed by atoms with Gasteiger partial charge in [-0.2, -0.15) is 0 Å². The fourth-order valence-corrected chi connectivity index (χ4v) is 4.19. The molecule has 6 heteroatoms. The van der Waals surface area contributed by atoms with Crippen molar-refractivity contribution in [3.63, 3.8) is 0 Å². The van der Waals surface area contributed by atoms with E-state index >= 15 is 0 Å². The van der Waals surface area contributed by atoms with Crippen LogP contribution in [-0.4, -0.2) is 26.3 Å². The number of fused-ring (bicyclic) bond motifs is 1. The monoisotopic (exact) mass is 383 g/mol. The van der Waals surface area contributed by atoms with Gasteiger partial charge in [-0.3, -0.25) is 9.36 Å². The lowest BCUT2D eigenvalue weighted by atomic mass is 10.0. The highest BCUT2D eigenvalue weighted by Crippen LogP contribution is 2.26. The van der Waals surface area contributed by atoms with Gasteiger partial charge in [0, 0.05) is 10.6 Å². The van der Waals surface area contributed by atoms with Gasteiger partial charge in [-0.15, -0.1) is 10.2 Å². The number of halogens is 1. The molecule has 0 radical (unpaired) electrons. The van der Waals surface area contributed by atoms with Gasteiger partial charge < -0.3 is 0 Å². The standard InChI is InChI=1S/C20H18ClN3OS/c1-13-5-8-17(10-18(13)21)24-12-22-23-20(24)26-11-19(25)16-7-6-14-3-2-4-15(14)9-16/h5-10,12H,2-4,11H2,1H3. The Morgan fingerprint density at radius 2 is 2.04 bits per heavy atom. The molecule has 2 aromatic carbocycles. The van der Waals surface area contributed by atoms with Gasteiger partial charge >= 0.3 is 0 Å². The molecule has 0 saturated heterocycles. The van der Waals surface area contributed by atoms with E-state index in [9.17, 15) is 4.79 Å². The highest BCUT2D eigenvalue weighted by molar-refractivity contribution is 7.99. The van der Waals surface area contributed by atoms with Crippen molar-refractivity contribution in [3.8, 4) is 5.69 Å². The van der Waals surface area contributed by atoms with Crippen molar-refractivity contribution in [1.29, 1.82) is 0 Å². The van der Waals surface area contributed by atoms with E-state index in [-0.39, 0.29) is 5.78 Å². The molecule has 0 amide bonds. The number of nitrogens with zero attached hydrogens (tertiary/aromatic N) is 3. The Balaban J connectivity index is 1.49. The molecule has 1 aliphatic rings. The van der Waals surface area contributed by atoms with Gasteiger partial charge in [0.15, 0.2) is 10.9 Å². The number of hydrogen-bond acceptors (Lipinski definition) is 4. The van der Waals surface area contributed by atoms with E-state index < -0.39 is 0 Å². The lowest BCUT2D eigenvalue weighted by Crippen LogP contribution is -2.05. The molecule has 0 unspecified atom stereocenters. The maximum Gasteiger partial charge on any atom is 0.196 e. The van der Waals surface area contributed by atoms with Crippen LogP contribution in [0.15, 0.2) is 47.9 Å². The summed E-state index contributed by atoms with van der Waals surface area (Å²) in [5.74, 6) is 0.443. The average molecular weight is 384 g/mol. The van der Waals surface area contributed by atoms with Crippen LogP contribution < -0.4 is 0 Å². The van der Waals surface area contributed by atoms with E-state index in [1.165, 1.54) is 29.3 Å². The maximum absolute atomic E-state index is 12.6. The number of Topliss-reactive ketones (excluding diaryl/α,β-unsaturated/α-hetero) is 1. The van der Waals surface area contributed by atoms with E-state index in [2.05, 4.69) is 22.3 Å². The molecule has 0 fully saturated rings. The molecule has 0 aliphatic heterocycles. The Bertz CT molecular complexity index is 983. The predicted molar refractivity (Wildman–Crippen MR) is 105 cm³/mol. The van der Waals surface area contributed by atoms with Crippen LogP contribution >= 0.6 is 23.4 Å². The van der Waals surface area contributed by atoms with Crippen LogP contribution in [0.3, 0.4) is 0 Å². The summed E-state index contributed by atoms with van der Waals surface area (Å²) >= 11 is 7.61. The fraction of sp³-hybridized carbons (Fsp3) is 0.250. The van der Waals surface area contributed by atoms with Gasteiger partial charge in [0.05, 0.1) is 11.4 Å². The number of thioether (sulfide) groups is 1. The van der Waals surface area contributed by atoms with Crippen LogP contribution in [0.4, 0.5) is 0 Å².